The van der Waals surface area contributed by atoms with Gasteiger partial charge in [-0.05, 0) is 42.0 Å². The zero-order valence-corrected chi connectivity index (χ0v) is 15.6. The molecule has 0 saturated heterocycles. The van der Waals surface area contributed by atoms with Gasteiger partial charge in [-0.1, -0.05) is 45.9 Å². The summed E-state index contributed by atoms with van der Waals surface area (Å²) in [6.45, 7) is 10.5. The Bertz CT molecular complexity index is 689. The molecular formula is C20H30N4O. The average Bonchev–Trinajstić information content (AvgIpc) is 2.59. The van der Waals surface area contributed by atoms with E-state index in [1.165, 1.54) is 5.56 Å². The normalized spacial score (nSPS) is 16.7. The first-order valence-corrected chi connectivity index (χ1v) is 9.08. The van der Waals surface area contributed by atoms with E-state index >= 15 is 0 Å². The lowest BCUT2D eigenvalue weighted by Crippen LogP contribution is -2.50. The third-order valence-corrected chi connectivity index (χ3v) is 5.15. The number of rotatable bonds is 7. The van der Waals surface area contributed by atoms with E-state index in [0.29, 0.717) is 24.6 Å². The Labute approximate surface area is 150 Å². The third kappa shape index (κ3) is 4.03. The number of hydrogen-bond donors (Lipinski definition) is 2. The van der Waals surface area contributed by atoms with Gasteiger partial charge in [0.25, 0.3) is 0 Å². The summed E-state index contributed by atoms with van der Waals surface area (Å²) in [6.07, 6.45) is 4.01. The summed E-state index contributed by atoms with van der Waals surface area (Å²) in [5.74, 6) is 0.356. The van der Waals surface area contributed by atoms with E-state index in [2.05, 4.69) is 38.4 Å². The van der Waals surface area contributed by atoms with E-state index in [4.69, 9.17) is 11.5 Å². The van der Waals surface area contributed by atoms with Crippen LogP contribution in [0.5, 0.6) is 0 Å². The minimum absolute atomic E-state index is 0.0376. The quantitative estimate of drug-likeness (QED) is 0.798. The van der Waals surface area contributed by atoms with Gasteiger partial charge in [-0.2, -0.15) is 0 Å². The van der Waals surface area contributed by atoms with Crippen LogP contribution in [-0.4, -0.2) is 22.3 Å². The topological polar surface area (TPSA) is 84.7 Å². The molecule has 0 radical (unpaired) electrons. The molecule has 1 aromatic carbocycles. The van der Waals surface area contributed by atoms with Gasteiger partial charge in [0.1, 0.15) is 0 Å². The monoisotopic (exact) mass is 342 g/mol. The molecule has 1 aromatic rings. The molecule has 1 aliphatic rings. The van der Waals surface area contributed by atoms with E-state index in [0.717, 1.165) is 36.8 Å². The molecule has 0 atom stereocenters. The first kappa shape index (κ1) is 19.0. The Balaban J connectivity index is 2.36. The highest BCUT2D eigenvalue weighted by atomic mass is 16.2. The molecule has 0 aliphatic carbocycles. The molecule has 4 N–H and O–H groups in total. The maximum Gasteiger partial charge on any atom is 0.232 e. The molecule has 1 aliphatic heterocycles. The van der Waals surface area contributed by atoms with E-state index in [1.54, 1.807) is 4.90 Å². The molecule has 0 unspecified atom stereocenters. The fourth-order valence-corrected chi connectivity index (χ4v) is 3.33. The van der Waals surface area contributed by atoms with Crippen molar-refractivity contribution in [2.75, 3.05) is 0 Å². The van der Waals surface area contributed by atoms with Crippen molar-refractivity contribution in [3.05, 3.63) is 41.5 Å². The van der Waals surface area contributed by atoms with Crippen LogP contribution in [0.3, 0.4) is 0 Å². The smallest absolute Gasteiger partial charge is 0.232 e. The van der Waals surface area contributed by atoms with Crippen molar-refractivity contribution in [1.29, 1.82) is 0 Å². The van der Waals surface area contributed by atoms with Gasteiger partial charge in [0.15, 0.2) is 5.96 Å². The van der Waals surface area contributed by atoms with Crippen LogP contribution in [0.1, 0.15) is 63.1 Å². The molecule has 2 rings (SSSR count). The van der Waals surface area contributed by atoms with Crippen LogP contribution >= 0.6 is 0 Å². The van der Waals surface area contributed by atoms with Gasteiger partial charge >= 0.3 is 0 Å². The highest BCUT2D eigenvalue weighted by Crippen LogP contribution is 2.30. The summed E-state index contributed by atoms with van der Waals surface area (Å²) in [5.41, 5.74) is 15.3. The molecular weight excluding hydrogens is 312 g/mol. The fourth-order valence-electron chi connectivity index (χ4n) is 3.33. The van der Waals surface area contributed by atoms with E-state index < -0.39 is 0 Å². The number of amides is 1. The van der Waals surface area contributed by atoms with Gasteiger partial charge in [-0.3, -0.25) is 9.69 Å². The number of nitrogens with two attached hydrogens (primary N) is 2. The van der Waals surface area contributed by atoms with Crippen molar-refractivity contribution < 1.29 is 4.79 Å². The predicted molar refractivity (Wildman–Crippen MR) is 104 cm³/mol. The zero-order valence-electron chi connectivity index (χ0n) is 15.6. The molecule has 0 bridgehead atoms. The summed E-state index contributed by atoms with van der Waals surface area (Å²) in [6, 6.07) is 6.05. The van der Waals surface area contributed by atoms with Crippen LogP contribution in [0.15, 0.2) is 29.8 Å². The first-order valence-electron chi connectivity index (χ1n) is 9.08. The lowest BCUT2D eigenvalue weighted by molar-refractivity contribution is -0.130. The van der Waals surface area contributed by atoms with Crippen molar-refractivity contribution >= 4 is 17.6 Å². The van der Waals surface area contributed by atoms with Crippen LogP contribution in [0, 0.1) is 0 Å². The maximum atomic E-state index is 12.8. The van der Waals surface area contributed by atoms with E-state index in [1.807, 2.05) is 12.1 Å². The highest BCUT2D eigenvalue weighted by Gasteiger charge is 2.37. The number of guanidine groups is 1. The number of hydrogen-bond acceptors (Lipinski definition) is 4. The summed E-state index contributed by atoms with van der Waals surface area (Å²) in [7, 11) is 0. The summed E-state index contributed by atoms with van der Waals surface area (Å²) < 4.78 is 0. The van der Waals surface area contributed by atoms with Gasteiger partial charge in [0, 0.05) is 5.70 Å². The second kappa shape index (κ2) is 7.72. The standard InChI is InChI=1S/C20H30N4O/c1-5-8-15-9-10-16(14(4)21)11-17(15)13-24-18(25)12-20(6-2,7-3)23-19(24)22/h9-11H,4-8,12-13,21H2,1-3H3,(H2,22,23). The Morgan fingerprint density at radius 2 is 1.96 bits per heavy atom. The van der Waals surface area contributed by atoms with Crippen molar-refractivity contribution in [2.45, 2.75) is 65.0 Å². The van der Waals surface area contributed by atoms with Crippen molar-refractivity contribution in [2.24, 2.45) is 16.5 Å². The SMILES string of the molecule is C=C(N)c1ccc(CCC)c(CN2C(=O)CC(CC)(CC)N=C2N)c1. The Morgan fingerprint density at radius 1 is 1.28 bits per heavy atom. The predicted octanol–water partition coefficient (Wildman–Crippen LogP) is 3.17. The number of carbonyl (C=O) groups is 1. The Hall–Kier alpha value is -2.30. The second-order valence-electron chi connectivity index (χ2n) is 6.82. The van der Waals surface area contributed by atoms with Crippen LogP contribution in [0.25, 0.3) is 5.70 Å². The molecule has 0 aromatic heterocycles. The van der Waals surface area contributed by atoms with Crippen LogP contribution in [-0.2, 0) is 17.8 Å². The second-order valence-corrected chi connectivity index (χ2v) is 6.82. The Morgan fingerprint density at radius 3 is 2.48 bits per heavy atom. The van der Waals surface area contributed by atoms with Gasteiger partial charge < -0.3 is 11.5 Å². The molecule has 25 heavy (non-hydrogen) atoms. The molecule has 0 spiro atoms. The van der Waals surface area contributed by atoms with Crippen molar-refractivity contribution in [1.82, 2.24) is 4.90 Å². The number of aliphatic imine (C=N–C) groups is 1. The number of benzene rings is 1. The fraction of sp³-hybridized carbons (Fsp3) is 0.500. The zero-order chi connectivity index (χ0) is 18.6. The molecule has 5 nitrogen and oxygen atoms in total. The molecule has 1 heterocycles. The van der Waals surface area contributed by atoms with Crippen molar-refractivity contribution in [3.63, 3.8) is 0 Å². The van der Waals surface area contributed by atoms with Gasteiger partial charge in [0.2, 0.25) is 5.91 Å². The lowest BCUT2D eigenvalue weighted by atomic mass is 9.88. The highest BCUT2D eigenvalue weighted by molar-refractivity contribution is 5.99. The van der Waals surface area contributed by atoms with E-state index in [-0.39, 0.29) is 11.4 Å². The van der Waals surface area contributed by atoms with Crippen molar-refractivity contribution in [3.8, 4) is 0 Å². The molecule has 0 saturated carbocycles. The maximum absolute atomic E-state index is 12.8. The third-order valence-electron chi connectivity index (χ3n) is 5.15. The first-order chi connectivity index (χ1) is 11.9. The average molecular weight is 342 g/mol. The number of aryl methyl sites for hydroxylation is 1. The summed E-state index contributed by atoms with van der Waals surface area (Å²) >= 11 is 0. The Kier molecular flexibility index (Phi) is 5.88. The molecule has 136 valence electrons. The summed E-state index contributed by atoms with van der Waals surface area (Å²) in [5, 5.41) is 0. The van der Waals surface area contributed by atoms with Crippen LogP contribution < -0.4 is 11.5 Å². The summed E-state index contributed by atoms with van der Waals surface area (Å²) in [4.78, 5) is 19.0. The lowest BCUT2D eigenvalue weighted by Gasteiger charge is -2.36. The van der Waals surface area contributed by atoms with Gasteiger partial charge in [0.05, 0.1) is 18.5 Å². The largest absolute Gasteiger partial charge is 0.399 e. The van der Waals surface area contributed by atoms with E-state index in [9.17, 15) is 4.79 Å². The molecule has 0 fully saturated rings. The molecule has 5 heteroatoms. The van der Waals surface area contributed by atoms with Gasteiger partial charge in [-0.25, -0.2) is 4.99 Å². The van der Waals surface area contributed by atoms with Crippen LogP contribution in [0.2, 0.25) is 0 Å². The number of nitrogens with zero attached hydrogens (tertiary/aromatic N) is 2. The van der Waals surface area contributed by atoms with Gasteiger partial charge in [-0.15, -0.1) is 0 Å². The minimum Gasteiger partial charge on any atom is -0.399 e. The van der Waals surface area contributed by atoms with Crippen LogP contribution in [0.4, 0.5) is 0 Å². The number of carbonyl (C=O) groups excluding carboxylic acids is 1. The molecule has 1 amide bonds. The minimum atomic E-state index is -0.350.